The molecule has 0 bridgehead atoms. The molecule has 1 aliphatic carbocycles. The number of hydrogen-bond acceptors (Lipinski definition) is 2. The molecule has 0 radical (unpaired) electrons. The summed E-state index contributed by atoms with van der Waals surface area (Å²) in [7, 11) is 0. The molecule has 0 aromatic heterocycles. The molecule has 2 atom stereocenters. The van der Waals surface area contributed by atoms with Gasteiger partial charge in [-0.05, 0) is 25.8 Å². The summed E-state index contributed by atoms with van der Waals surface area (Å²) in [6.45, 7) is 7.20. The van der Waals surface area contributed by atoms with Crippen LogP contribution in [-0.4, -0.2) is 18.3 Å². The van der Waals surface area contributed by atoms with Crippen molar-refractivity contribution in [3.05, 3.63) is 34.9 Å². The molecule has 0 amide bonds. The third kappa shape index (κ3) is 1.48. The first-order valence-electron chi connectivity index (χ1n) is 5.87. The van der Waals surface area contributed by atoms with Crippen LogP contribution < -0.4 is 5.73 Å². The summed E-state index contributed by atoms with van der Waals surface area (Å²) >= 11 is 0. The van der Waals surface area contributed by atoms with Gasteiger partial charge in [-0.1, -0.05) is 36.2 Å². The lowest BCUT2D eigenvalue weighted by atomic mass is 9.86. The van der Waals surface area contributed by atoms with Crippen molar-refractivity contribution in [2.45, 2.75) is 32.6 Å². The van der Waals surface area contributed by atoms with Crippen LogP contribution in [0.15, 0.2) is 18.2 Å². The standard InChI is InChI=1S/C14H21NO/c1-10-4-11(2)6-12(5-10)13(3)7-14(13,8-15)9-16/h4-6,16H,7-9,15H2,1-3H3. The Bertz CT molecular complexity index is 389. The molecule has 0 saturated heterocycles. The van der Waals surface area contributed by atoms with Gasteiger partial charge in [-0.3, -0.25) is 0 Å². The van der Waals surface area contributed by atoms with Gasteiger partial charge in [0, 0.05) is 17.4 Å². The van der Waals surface area contributed by atoms with Crippen LogP contribution in [-0.2, 0) is 5.41 Å². The van der Waals surface area contributed by atoms with E-state index in [1.54, 1.807) is 0 Å². The van der Waals surface area contributed by atoms with Crippen LogP contribution in [0.25, 0.3) is 0 Å². The highest BCUT2D eigenvalue weighted by atomic mass is 16.3. The van der Waals surface area contributed by atoms with Crippen molar-refractivity contribution in [1.82, 2.24) is 0 Å². The van der Waals surface area contributed by atoms with E-state index in [-0.39, 0.29) is 17.4 Å². The van der Waals surface area contributed by atoms with Crippen molar-refractivity contribution in [2.75, 3.05) is 13.2 Å². The highest BCUT2D eigenvalue weighted by molar-refractivity contribution is 5.41. The van der Waals surface area contributed by atoms with Gasteiger partial charge < -0.3 is 10.8 Å². The van der Waals surface area contributed by atoms with E-state index in [1.807, 2.05) is 0 Å². The average molecular weight is 219 g/mol. The predicted molar refractivity (Wildman–Crippen MR) is 66.5 cm³/mol. The Labute approximate surface area is 97.5 Å². The zero-order valence-electron chi connectivity index (χ0n) is 10.4. The molecule has 2 heteroatoms. The van der Waals surface area contributed by atoms with Crippen molar-refractivity contribution in [1.29, 1.82) is 0 Å². The normalized spacial score (nSPS) is 32.8. The monoisotopic (exact) mass is 219 g/mol. The molecule has 2 nitrogen and oxygen atoms in total. The summed E-state index contributed by atoms with van der Waals surface area (Å²) in [6, 6.07) is 6.62. The highest BCUT2D eigenvalue weighted by Gasteiger charge is 2.63. The van der Waals surface area contributed by atoms with Crippen LogP contribution in [0.3, 0.4) is 0 Å². The van der Waals surface area contributed by atoms with Crippen LogP contribution in [0.5, 0.6) is 0 Å². The van der Waals surface area contributed by atoms with Gasteiger partial charge in [-0.2, -0.15) is 0 Å². The second-order valence-corrected chi connectivity index (χ2v) is 5.53. The fourth-order valence-electron chi connectivity index (χ4n) is 2.93. The van der Waals surface area contributed by atoms with E-state index >= 15 is 0 Å². The Kier molecular flexibility index (Phi) is 2.59. The molecule has 1 aliphatic rings. The van der Waals surface area contributed by atoms with Gasteiger partial charge in [0.15, 0.2) is 0 Å². The van der Waals surface area contributed by atoms with Crippen LogP contribution in [0, 0.1) is 19.3 Å². The molecule has 2 rings (SSSR count). The summed E-state index contributed by atoms with van der Waals surface area (Å²) in [5.41, 5.74) is 9.67. The first kappa shape index (κ1) is 11.6. The van der Waals surface area contributed by atoms with Gasteiger partial charge >= 0.3 is 0 Å². The maximum absolute atomic E-state index is 9.51. The number of aryl methyl sites for hydroxylation is 2. The van der Waals surface area contributed by atoms with E-state index in [4.69, 9.17) is 5.73 Å². The molecule has 3 N–H and O–H groups in total. The predicted octanol–water partition coefficient (Wildman–Crippen LogP) is 1.90. The molecule has 1 aromatic carbocycles. The zero-order chi connectivity index (χ0) is 12.0. The Morgan fingerprint density at radius 2 is 1.81 bits per heavy atom. The fourth-order valence-corrected chi connectivity index (χ4v) is 2.93. The molecule has 16 heavy (non-hydrogen) atoms. The Balaban J connectivity index is 2.39. The van der Waals surface area contributed by atoms with Gasteiger partial charge in [0.2, 0.25) is 0 Å². The maximum atomic E-state index is 9.51. The molecule has 0 aliphatic heterocycles. The van der Waals surface area contributed by atoms with E-state index in [2.05, 4.69) is 39.0 Å². The van der Waals surface area contributed by atoms with E-state index in [0.717, 1.165) is 6.42 Å². The van der Waals surface area contributed by atoms with Crippen molar-refractivity contribution >= 4 is 0 Å². The lowest BCUT2D eigenvalue weighted by molar-refractivity contribution is 0.198. The lowest BCUT2D eigenvalue weighted by Crippen LogP contribution is -2.28. The van der Waals surface area contributed by atoms with Crippen molar-refractivity contribution in [3.63, 3.8) is 0 Å². The van der Waals surface area contributed by atoms with Crippen LogP contribution in [0.4, 0.5) is 0 Å². The smallest absolute Gasteiger partial charge is 0.0508 e. The minimum atomic E-state index is -0.0900. The Hall–Kier alpha value is -0.860. The van der Waals surface area contributed by atoms with Crippen molar-refractivity contribution in [3.8, 4) is 0 Å². The highest BCUT2D eigenvalue weighted by Crippen LogP contribution is 2.63. The summed E-state index contributed by atoms with van der Waals surface area (Å²) in [6.07, 6.45) is 0.996. The molecular weight excluding hydrogens is 198 g/mol. The third-order valence-electron chi connectivity index (χ3n) is 4.29. The maximum Gasteiger partial charge on any atom is 0.0508 e. The van der Waals surface area contributed by atoms with E-state index in [9.17, 15) is 5.11 Å². The molecule has 1 fully saturated rings. The van der Waals surface area contributed by atoms with Gasteiger partial charge in [-0.25, -0.2) is 0 Å². The molecular formula is C14H21NO. The topological polar surface area (TPSA) is 46.2 Å². The Morgan fingerprint density at radius 1 is 1.25 bits per heavy atom. The molecule has 2 unspecified atom stereocenters. The SMILES string of the molecule is Cc1cc(C)cc(C2(C)CC2(CN)CO)c1. The summed E-state index contributed by atoms with van der Waals surface area (Å²) in [5, 5.41) is 9.51. The Morgan fingerprint density at radius 3 is 2.19 bits per heavy atom. The van der Waals surface area contributed by atoms with E-state index < -0.39 is 0 Å². The quantitative estimate of drug-likeness (QED) is 0.815. The number of nitrogens with two attached hydrogens (primary N) is 1. The molecule has 1 saturated carbocycles. The van der Waals surface area contributed by atoms with Crippen molar-refractivity contribution < 1.29 is 5.11 Å². The average Bonchev–Trinajstić information content (AvgIpc) is 2.85. The van der Waals surface area contributed by atoms with Gasteiger partial charge in [0.1, 0.15) is 0 Å². The van der Waals surface area contributed by atoms with Crippen LogP contribution in [0.1, 0.15) is 30.0 Å². The first-order valence-corrected chi connectivity index (χ1v) is 5.87. The van der Waals surface area contributed by atoms with Crippen LogP contribution in [0.2, 0.25) is 0 Å². The molecule has 0 spiro atoms. The summed E-state index contributed by atoms with van der Waals surface area (Å²) < 4.78 is 0. The zero-order valence-corrected chi connectivity index (χ0v) is 10.4. The second-order valence-electron chi connectivity index (χ2n) is 5.53. The molecule has 0 heterocycles. The summed E-state index contributed by atoms with van der Waals surface area (Å²) in [4.78, 5) is 0. The minimum Gasteiger partial charge on any atom is -0.396 e. The molecule has 88 valence electrons. The fraction of sp³-hybridized carbons (Fsp3) is 0.571. The van der Waals surface area contributed by atoms with Gasteiger partial charge in [0.25, 0.3) is 0 Å². The summed E-state index contributed by atoms with van der Waals surface area (Å²) in [5.74, 6) is 0. The van der Waals surface area contributed by atoms with Gasteiger partial charge in [-0.15, -0.1) is 0 Å². The third-order valence-corrected chi connectivity index (χ3v) is 4.29. The number of aliphatic hydroxyl groups is 1. The lowest BCUT2D eigenvalue weighted by Gasteiger charge is -2.20. The van der Waals surface area contributed by atoms with Crippen LogP contribution >= 0.6 is 0 Å². The second kappa shape index (κ2) is 3.57. The largest absolute Gasteiger partial charge is 0.396 e. The van der Waals surface area contributed by atoms with E-state index in [0.29, 0.717) is 6.54 Å². The van der Waals surface area contributed by atoms with E-state index in [1.165, 1.54) is 16.7 Å². The number of hydrogen-bond donors (Lipinski definition) is 2. The van der Waals surface area contributed by atoms with Crippen molar-refractivity contribution in [2.24, 2.45) is 11.1 Å². The number of aliphatic hydroxyl groups excluding tert-OH is 1. The number of rotatable bonds is 3. The molecule has 1 aromatic rings. The number of benzene rings is 1. The first-order chi connectivity index (χ1) is 7.47. The van der Waals surface area contributed by atoms with Gasteiger partial charge in [0.05, 0.1) is 6.61 Å². The minimum absolute atomic E-state index is 0.0628.